The van der Waals surface area contributed by atoms with Gasteiger partial charge in [-0.2, -0.15) is 0 Å². The summed E-state index contributed by atoms with van der Waals surface area (Å²) in [5, 5.41) is 0.330. The number of rotatable bonds is 9. The third kappa shape index (κ3) is 5.21. The highest BCUT2D eigenvalue weighted by atomic mass is 35.5. The standard InChI is InChI=1S/C20H29ClO4/c1-6-11-16(14(4)5)24-18(22)20(7-2,8-3)19(23)25-17-13-10-9-12-15(17)21/h9-10,12-14,16H,6-8,11H2,1-5H3. The van der Waals surface area contributed by atoms with E-state index in [1.807, 2.05) is 20.8 Å². The lowest BCUT2D eigenvalue weighted by Crippen LogP contribution is -2.44. The lowest BCUT2D eigenvalue weighted by Gasteiger charge is -2.30. The maximum absolute atomic E-state index is 12.9. The summed E-state index contributed by atoms with van der Waals surface area (Å²) in [7, 11) is 0. The highest BCUT2D eigenvalue weighted by Crippen LogP contribution is 2.34. The van der Waals surface area contributed by atoms with E-state index in [0.29, 0.717) is 17.9 Å². The molecule has 1 rings (SSSR count). The number of hydrogen-bond acceptors (Lipinski definition) is 4. The van der Waals surface area contributed by atoms with Crippen molar-refractivity contribution in [1.29, 1.82) is 0 Å². The first-order valence-electron chi connectivity index (χ1n) is 9.00. The molecule has 25 heavy (non-hydrogen) atoms. The van der Waals surface area contributed by atoms with Crippen LogP contribution in [0, 0.1) is 11.3 Å². The summed E-state index contributed by atoms with van der Waals surface area (Å²) in [6, 6.07) is 6.72. The molecular weight excluding hydrogens is 340 g/mol. The van der Waals surface area contributed by atoms with Crippen LogP contribution < -0.4 is 4.74 Å². The van der Waals surface area contributed by atoms with Crippen LogP contribution in [0.5, 0.6) is 5.75 Å². The van der Waals surface area contributed by atoms with Crippen molar-refractivity contribution < 1.29 is 19.1 Å². The maximum atomic E-state index is 12.9. The summed E-state index contributed by atoms with van der Waals surface area (Å²) >= 11 is 6.06. The van der Waals surface area contributed by atoms with E-state index in [9.17, 15) is 9.59 Å². The van der Waals surface area contributed by atoms with Gasteiger partial charge in [0.1, 0.15) is 11.9 Å². The molecule has 1 atom stereocenters. The van der Waals surface area contributed by atoms with Crippen LogP contribution in [-0.2, 0) is 14.3 Å². The van der Waals surface area contributed by atoms with Crippen LogP contribution >= 0.6 is 11.6 Å². The van der Waals surface area contributed by atoms with E-state index in [0.717, 1.165) is 12.8 Å². The summed E-state index contributed by atoms with van der Waals surface area (Å²) in [6.07, 6.45) is 2.09. The van der Waals surface area contributed by atoms with Gasteiger partial charge < -0.3 is 9.47 Å². The Morgan fingerprint density at radius 3 is 2.16 bits per heavy atom. The van der Waals surface area contributed by atoms with E-state index in [1.165, 1.54) is 0 Å². The van der Waals surface area contributed by atoms with E-state index >= 15 is 0 Å². The predicted molar refractivity (Wildman–Crippen MR) is 99.7 cm³/mol. The van der Waals surface area contributed by atoms with Gasteiger partial charge in [-0.1, -0.05) is 64.8 Å². The Balaban J connectivity index is 3.03. The molecule has 0 aliphatic heterocycles. The molecule has 1 unspecified atom stereocenters. The quantitative estimate of drug-likeness (QED) is 0.332. The molecule has 0 heterocycles. The molecule has 5 heteroatoms. The highest BCUT2D eigenvalue weighted by molar-refractivity contribution is 6.32. The Hall–Kier alpha value is -1.55. The number of ether oxygens (including phenoxy) is 2. The molecule has 1 aromatic rings. The number of carbonyl (C=O) groups is 2. The Labute approximate surface area is 155 Å². The number of carbonyl (C=O) groups excluding carboxylic acids is 2. The summed E-state index contributed by atoms with van der Waals surface area (Å²) in [5.74, 6) is -0.687. The molecular formula is C20H29ClO4. The number of benzene rings is 1. The smallest absolute Gasteiger partial charge is 0.328 e. The zero-order valence-corrected chi connectivity index (χ0v) is 16.6. The minimum absolute atomic E-state index is 0.190. The molecule has 140 valence electrons. The summed E-state index contributed by atoms with van der Waals surface area (Å²) in [4.78, 5) is 25.7. The minimum atomic E-state index is -1.32. The molecule has 0 aliphatic carbocycles. The molecule has 0 aliphatic rings. The van der Waals surface area contributed by atoms with Gasteiger partial charge >= 0.3 is 11.9 Å². The van der Waals surface area contributed by atoms with Gasteiger partial charge in [0.2, 0.25) is 0 Å². The molecule has 0 amide bonds. The number of halogens is 1. The van der Waals surface area contributed by atoms with Crippen molar-refractivity contribution in [1.82, 2.24) is 0 Å². The van der Waals surface area contributed by atoms with Crippen molar-refractivity contribution in [2.75, 3.05) is 0 Å². The summed E-state index contributed by atoms with van der Waals surface area (Å²) in [6.45, 7) is 9.65. The largest absolute Gasteiger partial charge is 0.461 e. The third-order valence-corrected chi connectivity index (χ3v) is 4.92. The van der Waals surface area contributed by atoms with Gasteiger partial charge in [-0.05, 0) is 37.3 Å². The molecule has 0 spiro atoms. The Morgan fingerprint density at radius 1 is 1.08 bits per heavy atom. The molecule has 0 bridgehead atoms. The molecule has 0 N–H and O–H groups in total. The van der Waals surface area contributed by atoms with Crippen molar-refractivity contribution in [2.45, 2.75) is 66.4 Å². The van der Waals surface area contributed by atoms with Gasteiger partial charge in [0, 0.05) is 0 Å². The molecule has 4 nitrogen and oxygen atoms in total. The van der Waals surface area contributed by atoms with E-state index in [-0.39, 0.29) is 17.8 Å². The van der Waals surface area contributed by atoms with Crippen LogP contribution in [0.25, 0.3) is 0 Å². The average molecular weight is 369 g/mol. The summed E-state index contributed by atoms with van der Waals surface area (Å²) in [5.41, 5.74) is -1.32. The second kappa shape index (κ2) is 9.81. The van der Waals surface area contributed by atoms with Crippen LogP contribution in [0.15, 0.2) is 24.3 Å². The van der Waals surface area contributed by atoms with E-state index in [2.05, 4.69) is 0 Å². The van der Waals surface area contributed by atoms with Crippen molar-refractivity contribution in [3.8, 4) is 5.75 Å². The van der Waals surface area contributed by atoms with Gasteiger partial charge in [-0.15, -0.1) is 0 Å². The Morgan fingerprint density at radius 2 is 1.68 bits per heavy atom. The Kier molecular flexibility index (Phi) is 8.43. The zero-order chi connectivity index (χ0) is 19.0. The van der Waals surface area contributed by atoms with Gasteiger partial charge in [-0.3, -0.25) is 9.59 Å². The van der Waals surface area contributed by atoms with Crippen molar-refractivity contribution in [3.05, 3.63) is 29.3 Å². The topological polar surface area (TPSA) is 52.6 Å². The van der Waals surface area contributed by atoms with Crippen LogP contribution in [0.1, 0.15) is 60.3 Å². The maximum Gasteiger partial charge on any atom is 0.328 e. The fraction of sp³-hybridized carbons (Fsp3) is 0.600. The summed E-state index contributed by atoms with van der Waals surface area (Å²) < 4.78 is 11.2. The fourth-order valence-corrected chi connectivity index (χ4v) is 2.87. The predicted octanol–water partition coefficient (Wildman–Crippen LogP) is 5.42. The molecule has 0 radical (unpaired) electrons. The number of esters is 2. The monoisotopic (exact) mass is 368 g/mol. The lowest BCUT2D eigenvalue weighted by molar-refractivity contribution is -0.174. The fourth-order valence-electron chi connectivity index (χ4n) is 2.70. The minimum Gasteiger partial charge on any atom is -0.461 e. The molecule has 1 aromatic carbocycles. The number of para-hydroxylation sites is 1. The first-order valence-corrected chi connectivity index (χ1v) is 9.38. The molecule has 0 saturated heterocycles. The van der Waals surface area contributed by atoms with Crippen LogP contribution in [0.4, 0.5) is 0 Å². The second-order valence-corrected chi connectivity index (χ2v) is 6.99. The molecule has 0 fully saturated rings. The van der Waals surface area contributed by atoms with Crippen LogP contribution in [0.3, 0.4) is 0 Å². The van der Waals surface area contributed by atoms with Crippen molar-refractivity contribution in [3.63, 3.8) is 0 Å². The van der Waals surface area contributed by atoms with E-state index in [1.54, 1.807) is 38.1 Å². The van der Waals surface area contributed by atoms with Crippen LogP contribution in [-0.4, -0.2) is 18.0 Å². The first-order chi connectivity index (χ1) is 11.8. The van der Waals surface area contributed by atoms with Gasteiger partial charge in [0.15, 0.2) is 5.41 Å². The van der Waals surface area contributed by atoms with Crippen LogP contribution in [0.2, 0.25) is 5.02 Å². The first kappa shape index (κ1) is 21.5. The normalized spacial score (nSPS) is 12.8. The van der Waals surface area contributed by atoms with Gasteiger partial charge in [0.05, 0.1) is 5.02 Å². The zero-order valence-electron chi connectivity index (χ0n) is 15.8. The van der Waals surface area contributed by atoms with Crippen molar-refractivity contribution >= 4 is 23.5 Å². The second-order valence-electron chi connectivity index (χ2n) is 6.59. The van der Waals surface area contributed by atoms with E-state index < -0.39 is 17.4 Å². The SMILES string of the molecule is CCCC(OC(=O)C(CC)(CC)C(=O)Oc1ccccc1Cl)C(C)C. The Bertz CT molecular complexity index is 579. The van der Waals surface area contributed by atoms with Crippen molar-refractivity contribution in [2.24, 2.45) is 11.3 Å². The van der Waals surface area contributed by atoms with E-state index in [4.69, 9.17) is 21.1 Å². The average Bonchev–Trinajstić information content (AvgIpc) is 2.58. The highest BCUT2D eigenvalue weighted by Gasteiger charge is 2.47. The van der Waals surface area contributed by atoms with Gasteiger partial charge in [-0.25, -0.2) is 0 Å². The number of hydrogen-bond donors (Lipinski definition) is 0. The molecule has 0 aromatic heterocycles. The van der Waals surface area contributed by atoms with Gasteiger partial charge in [0.25, 0.3) is 0 Å². The molecule has 0 saturated carbocycles. The third-order valence-electron chi connectivity index (χ3n) is 4.60. The lowest BCUT2D eigenvalue weighted by atomic mass is 9.82.